The Morgan fingerprint density at radius 1 is 1.16 bits per heavy atom. The number of hydrogen-bond donors (Lipinski definition) is 1. The van der Waals surface area contributed by atoms with Gasteiger partial charge in [-0.2, -0.15) is 0 Å². The van der Waals surface area contributed by atoms with Gasteiger partial charge in [0.2, 0.25) is 5.91 Å². The van der Waals surface area contributed by atoms with Gasteiger partial charge < -0.3 is 4.90 Å². The molecule has 1 aliphatic heterocycles. The highest BCUT2D eigenvalue weighted by Gasteiger charge is 2.30. The number of fused-ring (bicyclic) bond motifs is 1. The summed E-state index contributed by atoms with van der Waals surface area (Å²) in [7, 11) is -3.76. The van der Waals surface area contributed by atoms with Crippen molar-refractivity contribution in [2.75, 3.05) is 4.72 Å². The lowest BCUT2D eigenvalue weighted by Gasteiger charge is -2.11. The van der Waals surface area contributed by atoms with Gasteiger partial charge in [0, 0.05) is 38.3 Å². The molecule has 1 N–H and O–H groups in total. The number of rotatable bonds is 4. The van der Waals surface area contributed by atoms with Crippen LogP contribution in [0.3, 0.4) is 0 Å². The van der Waals surface area contributed by atoms with Crippen LogP contribution in [-0.2, 0) is 27.9 Å². The van der Waals surface area contributed by atoms with E-state index in [1.54, 1.807) is 29.3 Å². The highest BCUT2D eigenvalue weighted by molar-refractivity contribution is 7.92. The van der Waals surface area contributed by atoms with Gasteiger partial charge in [0.1, 0.15) is 0 Å². The van der Waals surface area contributed by atoms with Crippen LogP contribution in [0, 0.1) is 0 Å². The molecule has 4 rings (SSSR count). The molecule has 7 nitrogen and oxygen atoms in total. The van der Waals surface area contributed by atoms with E-state index in [0.29, 0.717) is 24.6 Å². The number of carbonyl (C=O) groups is 1. The van der Waals surface area contributed by atoms with Crippen LogP contribution < -0.4 is 4.72 Å². The number of sulfonamides is 1. The Kier molecular flexibility index (Phi) is 3.72. The number of anilines is 1. The topological polar surface area (TPSA) is 92.3 Å². The van der Waals surface area contributed by atoms with Gasteiger partial charge in [0.05, 0.1) is 10.6 Å². The number of benzene rings is 1. The fourth-order valence-electron chi connectivity index (χ4n) is 3.03. The Morgan fingerprint density at radius 2 is 1.88 bits per heavy atom. The van der Waals surface area contributed by atoms with E-state index >= 15 is 0 Å². The number of nitrogens with zero attached hydrogens (tertiary/aromatic N) is 3. The molecule has 8 heteroatoms. The Bertz CT molecular complexity index is 954. The van der Waals surface area contributed by atoms with E-state index in [4.69, 9.17) is 0 Å². The summed E-state index contributed by atoms with van der Waals surface area (Å²) in [5.74, 6) is 0.568. The van der Waals surface area contributed by atoms with Crippen LogP contribution in [0.2, 0.25) is 0 Å². The molecule has 130 valence electrons. The van der Waals surface area contributed by atoms with Crippen molar-refractivity contribution in [3.63, 3.8) is 0 Å². The molecule has 0 atom stereocenters. The van der Waals surface area contributed by atoms with E-state index in [-0.39, 0.29) is 16.7 Å². The van der Waals surface area contributed by atoms with Crippen molar-refractivity contribution in [2.24, 2.45) is 0 Å². The molecule has 0 bridgehead atoms. The van der Waals surface area contributed by atoms with Crippen molar-refractivity contribution in [1.29, 1.82) is 0 Å². The fourth-order valence-corrected chi connectivity index (χ4v) is 4.10. The van der Waals surface area contributed by atoms with E-state index in [0.717, 1.165) is 24.0 Å². The molecular formula is C17H18N4O3S. The van der Waals surface area contributed by atoms with Crippen LogP contribution in [0.25, 0.3) is 0 Å². The van der Waals surface area contributed by atoms with Crippen LogP contribution in [-0.4, -0.2) is 29.2 Å². The predicted molar refractivity (Wildman–Crippen MR) is 91.2 cm³/mol. The van der Waals surface area contributed by atoms with Gasteiger partial charge in [-0.05, 0) is 36.1 Å². The first-order valence-corrected chi connectivity index (χ1v) is 9.63. The molecule has 1 aromatic heterocycles. The number of hydrogen-bond acceptors (Lipinski definition) is 5. The number of amides is 1. The van der Waals surface area contributed by atoms with E-state index in [2.05, 4.69) is 14.7 Å². The third-order valence-corrected chi connectivity index (χ3v) is 5.91. The Balaban J connectivity index is 1.62. The molecule has 1 amide bonds. The van der Waals surface area contributed by atoms with Crippen molar-refractivity contribution in [3.05, 3.63) is 47.4 Å². The first-order chi connectivity index (χ1) is 11.9. The highest BCUT2D eigenvalue weighted by Crippen LogP contribution is 2.41. The maximum absolute atomic E-state index is 12.8. The van der Waals surface area contributed by atoms with Crippen LogP contribution in [0.15, 0.2) is 35.5 Å². The van der Waals surface area contributed by atoms with Gasteiger partial charge in [-0.25, -0.2) is 13.4 Å². The lowest BCUT2D eigenvalue weighted by Crippen LogP contribution is -2.21. The molecule has 25 heavy (non-hydrogen) atoms. The molecule has 0 unspecified atom stereocenters. The van der Waals surface area contributed by atoms with Gasteiger partial charge in [-0.15, -0.1) is 0 Å². The molecule has 1 aromatic carbocycles. The van der Waals surface area contributed by atoms with Crippen LogP contribution in [0.4, 0.5) is 5.82 Å². The lowest BCUT2D eigenvalue weighted by atomic mass is 10.1. The van der Waals surface area contributed by atoms with Crippen LogP contribution in [0.1, 0.15) is 42.5 Å². The van der Waals surface area contributed by atoms with E-state index in [1.807, 2.05) is 0 Å². The maximum atomic E-state index is 12.8. The van der Waals surface area contributed by atoms with Crippen molar-refractivity contribution >= 4 is 21.7 Å². The molecule has 0 saturated heterocycles. The third kappa shape index (κ3) is 3.09. The molecule has 2 aliphatic rings. The quantitative estimate of drug-likeness (QED) is 0.903. The third-order valence-electron chi connectivity index (χ3n) is 4.58. The van der Waals surface area contributed by atoms with Crippen LogP contribution in [0.5, 0.6) is 0 Å². The summed E-state index contributed by atoms with van der Waals surface area (Å²) in [4.78, 5) is 21.8. The van der Waals surface area contributed by atoms with E-state index in [1.165, 1.54) is 13.1 Å². The molecule has 1 fully saturated rings. The summed E-state index contributed by atoms with van der Waals surface area (Å²) < 4.78 is 28.1. The fraction of sp³-hybridized carbons (Fsp3) is 0.353. The zero-order valence-electron chi connectivity index (χ0n) is 13.8. The second-order valence-corrected chi connectivity index (χ2v) is 8.16. The van der Waals surface area contributed by atoms with Crippen molar-refractivity contribution < 1.29 is 13.2 Å². The van der Waals surface area contributed by atoms with Gasteiger partial charge >= 0.3 is 0 Å². The van der Waals surface area contributed by atoms with Gasteiger partial charge in [0.25, 0.3) is 10.0 Å². The summed E-state index contributed by atoms with van der Waals surface area (Å²) in [5, 5.41) is 0. The molecular weight excluding hydrogens is 340 g/mol. The summed E-state index contributed by atoms with van der Waals surface area (Å²) in [6.07, 6.45) is 5.08. The van der Waals surface area contributed by atoms with Crippen molar-refractivity contribution in [3.8, 4) is 0 Å². The van der Waals surface area contributed by atoms with Crippen LogP contribution >= 0.6 is 0 Å². The molecule has 0 spiro atoms. The second-order valence-electron chi connectivity index (χ2n) is 6.48. The van der Waals surface area contributed by atoms with Gasteiger partial charge in [0.15, 0.2) is 5.82 Å². The largest absolute Gasteiger partial charge is 0.334 e. The lowest BCUT2D eigenvalue weighted by molar-refractivity contribution is -0.129. The van der Waals surface area contributed by atoms with E-state index < -0.39 is 10.0 Å². The zero-order chi connectivity index (χ0) is 17.6. The average molecular weight is 358 g/mol. The maximum Gasteiger partial charge on any atom is 0.263 e. The molecule has 2 heterocycles. The predicted octanol–water partition coefficient (Wildman–Crippen LogP) is 2.02. The smallest absolute Gasteiger partial charge is 0.263 e. The normalized spacial score (nSPS) is 16.6. The van der Waals surface area contributed by atoms with Gasteiger partial charge in [-0.3, -0.25) is 14.5 Å². The van der Waals surface area contributed by atoms with E-state index in [9.17, 15) is 13.2 Å². The minimum absolute atomic E-state index is 0.0210. The Morgan fingerprint density at radius 3 is 2.60 bits per heavy atom. The monoisotopic (exact) mass is 358 g/mol. The number of aromatic nitrogens is 2. The van der Waals surface area contributed by atoms with Gasteiger partial charge in [-0.1, -0.05) is 6.07 Å². The first-order valence-electron chi connectivity index (χ1n) is 8.15. The molecule has 0 radical (unpaired) electrons. The molecule has 2 aromatic rings. The minimum Gasteiger partial charge on any atom is -0.334 e. The zero-order valence-corrected chi connectivity index (χ0v) is 14.6. The highest BCUT2D eigenvalue weighted by atomic mass is 32.2. The second kappa shape index (κ2) is 5.80. The Hall–Kier alpha value is -2.48. The summed E-state index contributed by atoms with van der Waals surface area (Å²) in [6.45, 7) is 2.47. The molecule has 1 saturated carbocycles. The molecule has 1 aliphatic carbocycles. The SMILES string of the molecule is CC(=O)N1Cc2ccc(S(=O)(=O)Nc3nccnc3C3CC3)cc2C1. The van der Waals surface area contributed by atoms with Crippen molar-refractivity contribution in [1.82, 2.24) is 14.9 Å². The Labute approximate surface area is 146 Å². The number of carbonyl (C=O) groups excluding carboxylic acids is 1. The minimum atomic E-state index is -3.76. The van der Waals surface area contributed by atoms with Crippen molar-refractivity contribution in [2.45, 2.75) is 43.7 Å². The summed E-state index contributed by atoms with van der Waals surface area (Å²) in [5.41, 5.74) is 2.54. The number of nitrogens with one attached hydrogen (secondary N) is 1. The first kappa shape index (κ1) is 16.0. The summed E-state index contributed by atoms with van der Waals surface area (Å²) in [6, 6.07) is 4.97. The standard InChI is InChI=1S/C17H18N4O3S/c1-11(22)21-9-13-4-5-15(8-14(13)10-21)25(23,24)20-17-16(12-2-3-12)18-6-7-19-17/h4-8,12H,2-3,9-10H2,1H3,(H,19,20). The average Bonchev–Trinajstić information content (AvgIpc) is 3.32. The summed E-state index contributed by atoms with van der Waals surface area (Å²) >= 11 is 0.